The molecule has 2 aromatic carbocycles. The summed E-state index contributed by atoms with van der Waals surface area (Å²) in [6.45, 7) is 8.35. The minimum Gasteiger partial charge on any atom is -0.365 e. The highest BCUT2D eigenvalue weighted by atomic mass is 19.4. The van der Waals surface area contributed by atoms with Gasteiger partial charge in [-0.2, -0.15) is 33.4 Å². The third kappa shape index (κ3) is 5.93. The summed E-state index contributed by atoms with van der Waals surface area (Å²) in [5.41, 5.74) is 1.35. The molecule has 1 saturated carbocycles. The van der Waals surface area contributed by atoms with Crippen molar-refractivity contribution in [1.29, 1.82) is 5.26 Å². The van der Waals surface area contributed by atoms with E-state index in [9.17, 15) is 22.8 Å². The number of fused-ring (bicyclic) bond motifs is 1. The Bertz CT molecular complexity index is 1620. The first kappa shape index (κ1) is 29.0. The topological polar surface area (TPSA) is 82.7 Å². The molecule has 4 aromatic rings. The standard InChI is InChI=1S/C31H31F4N7/c1-4-15-41(20(3)23-9-6-10-25(32)16-23)30-40-29-27(42(30)18-21-11-13-24(14-12-21)31(33,34)35)28(38-26(17-36)39-29)37-19(2)22-7-5-8-22/h4,6,9-14,16,19-20,22H,1,5,7-8,15,18H2,2-3H3,(H,37,38,39)/t19-,20?/m1/s1. The molecule has 0 spiro atoms. The number of nitrogens with zero attached hydrogens (tertiary/aromatic N) is 6. The number of anilines is 2. The number of benzene rings is 2. The van der Waals surface area contributed by atoms with Gasteiger partial charge in [0.1, 0.15) is 17.4 Å². The molecule has 11 heteroatoms. The smallest absolute Gasteiger partial charge is 0.365 e. The largest absolute Gasteiger partial charge is 0.416 e. The van der Waals surface area contributed by atoms with Crippen LogP contribution in [0.25, 0.3) is 11.2 Å². The van der Waals surface area contributed by atoms with E-state index in [0.717, 1.165) is 31.4 Å². The van der Waals surface area contributed by atoms with Gasteiger partial charge in [-0.3, -0.25) is 0 Å². The van der Waals surface area contributed by atoms with Crippen LogP contribution in [0.1, 0.15) is 61.7 Å². The number of halogens is 4. The predicted octanol–water partition coefficient (Wildman–Crippen LogP) is 7.26. The fourth-order valence-electron chi connectivity index (χ4n) is 5.30. The van der Waals surface area contributed by atoms with Crippen LogP contribution in [0, 0.1) is 23.1 Å². The zero-order valence-electron chi connectivity index (χ0n) is 23.4. The van der Waals surface area contributed by atoms with Crippen LogP contribution in [0.5, 0.6) is 0 Å². The number of imidazole rings is 1. The van der Waals surface area contributed by atoms with E-state index in [2.05, 4.69) is 28.8 Å². The van der Waals surface area contributed by atoms with E-state index < -0.39 is 11.7 Å². The van der Waals surface area contributed by atoms with E-state index >= 15 is 0 Å². The normalized spacial score (nSPS) is 15.1. The fourth-order valence-corrected chi connectivity index (χ4v) is 5.30. The number of alkyl halides is 3. The van der Waals surface area contributed by atoms with Crippen molar-refractivity contribution in [3.05, 3.63) is 89.5 Å². The van der Waals surface area contributed by atoms with Gasteiger partial charge in [-0.05, 0) is 68.0 Å². The van der Waals surface area contributed by atoms with Crippen LogP contribution in [-0.2, 0) is 12.7 Å². The Kier molecular flexibility index (Phi) is 8.16. The Morgan fingerprint density at radius 3 is 2.48 bits per heavy atom. The van der Waals surface area contributed by atoms with Crippen molar-refractivity contribution in [2.75, 3.05) is 16.8 Å². The van der Waals surface area contributed by atoms with E-state index in [1.807, 2.05) is 28.5 Å². The third-order valence-electron chi connectivity index (χ3n) is 7.91. The van der Waals surface area contributed by atoms with Gasteiger partial charge >= 0.3 is 6.18 Å². The van der Waals surface area contributed by atoms with Crippen LogP contribution in [0.3, 0.4) is 0 Å². The molecule has 1 fully saturated rings. The van der Waals surface area contributed by atoms with Crippen LogP contribution >= 0.6 is 0 Å². The summed E-state index contributed by atoms with van der Waals surface area (Å²) in [7, 11) is 0. The van der Waals surface area contributed by atoms with E-state index in [1.165, 1.54) is 24.3 Å². The van der Waals surface area contributed by atoms with Gasteiger partial charge in [-0.1, -0.05) is 36.8 Å². The Balaban J connectivity index is 1.68. The lowest BCUT2D eigenvalue weighted by Crippen LogP contribution is -2.32. The highest BCUT2D eigenvalue weighted by Gasteiger charge is 2.31. The van der Waals surface area contributed by atoms with Crippen LogP contribution in [0.15, 0.2) is 61.2 Å². The number of nitriles is 1. The van der Waals surface area contributed by atoms with Crippen molar-refractivity contribution in [2.24, 2.45) is 5.92 Å². The van der Waals surface area contributed by atoms with Crippen molar-refractivity contribution in [1.82, 2.24) is 19.5 Å². The molecule has 1 aliphatic carbocycles. The number of hydrogen-bond acceptors (Lipinski definition) is 6. The van der Waals surface area contributed by atoms with Crippen molar-refractivity contribution in [2.45, 2.75) is 57.9 Å². The number of aromatic nitrogens is 4. The number of nitrogens with one attached hydrogen (secondary N) is 1. The third-order valence-corrected chi connectivity index (χ3v) is 7.91. The summed E-state index contributed by atoms with van der Waals surface area (Å²) in [4.78, 5) is 15.6. The van der Waals surface area contributed by atoms with Gasteiger partial charge in [0.05, 0.1) is 18.2 Å². The van der Waals surface area contributed by atoms with Crippen molar-refractivity contribution < 1.29 is 17.6 Å². The average molecular weight is 578 g/mol. The first-order chi connectivity index (χ1) is 20.1. The number of hydrogen-bond donors (Lipinski definition) is 1. The van der Waals surface area contributed by atoms with Crippen molar-refractivity contribution in [3.63, 3.8) is 0 Å². The van der Waals surface area contributed by atoms with Crippen molar-refractivity contribution in [3.8, 4) is 6.07 Å². The summed E-state index contributed by atoms with van der Waals surface area (Å²) < 4.78 is 55.9. The second-order valence-electron chi connectivity index (χ2n) is 10.7. The summed E-state index contributed by atoms with van der Waals surface area (Å²) in [6.07, 6.45) is 0.568. The van der Waals surface area contributed by atoms with Gasteiger partial charge in [-0.15, -0.1) is 6.58 Å². The summed E-state index contributed by atoms with van der Waals surface area (Å²) in [5, 5.41) is 13.2. The molecular formula is C31H31F4N7. The van der Waals surface area contributed by atoms with E-state index in [-0.39, 0.29) is 35.9 Å². The first-order valence-electron chi connectivity index (χ1n) is 13.8. The zero-order chi connectivity index (χ0) is 30.0. The first-order valence-corrected chi connectivity index (χ1v) is 13.8. The van der Waals surface area contributed by atoms with Crippen LogP contribution in [0.4, 0.5) is 29.3 Å². The molecule has 5 rings (SSSR count). The molecule has 0 bridgehead atoms. The number of rotatable bonds is 10. The van der Waals surface area contributed by atoms with Gasteiger partial charge in [0.15, 0.2) is 11.5 Å². The maximum absolute atomic E-state index is 14.2. The molecule has 42 heavy (non-hydrogen) atoms. The molecule has 218 valence electrons. The minimum atomic E-state index is -4.46. The highest BCUT2D eigenvalue weighted by Crippen LogP contribution is 2.36. The van der Waals surface area contributed by atoms with E-state index in [0.29, 0.717) is 40.9 Å². The van der Waals surface area contributed by atoms with Gasteiger partial charge in [0.25, 0.3) is 0 Å². The van der Waals surface area contributed by atoms with Crippen LogP contribution in [-0.4, -0.2) is 32.1 Å². The maximum atomic E-state index is 14.2. The van der Waals surface area contributed by atoms with Gasteiger partial charge < -0.3 is 14.8 Å². The molecular weight excluding hydrogens is 546 g/mol. The molecule has 0 saturated heterocycles. The summed E-state index contributed by atoms with van der Waals surface area (Å²) >= 11 is 0. The quantitative estimate of drug-likeness (QED) is 0.158. The molecule has 1 unspecified atom stereocenters. The highest BCUT2D eigenvalue weighted by molar-refractivity contribution is 5.86. The molecule has 2 aromatic heterocycles. The van der Waals surface area contributed by atoms with Crippen LogP contribution < -0.4 is 10.2 Å². The van der Waals surface area contributed by atoms with Crippen molar-refractivity contribution >= 4 is 22.9 Å². The van der Waals surface area contributed by atoms with Gasteiger partial charge in [-0.25, -0.2) is 4.39 Å². The molecule has 2 atom stereocenters. The molecule has 0 radical (unpaired) electrons. The second-order valence-corrected chi connectivity index (χ2v) is 10.7. The summed E-state index contributed by atoms with van der Waals surface area (Å²) in [5.74, 6) is 0.891. The van der Waals surface area contributed by atoms with E-state index in [4.69, 9.17) is 4.98 Å². The molecule has 1 aliphatic rings. The predicted molar refractivity (Wildman–Crippen MR) is 153 cm³/mol. The van der Waals surface area contributed by atoms with E-state index in [1.54, 1.807) is 12.1 Å². The SMILES string of the molecule is C=CCN(c1nc2nc(C#N)nc(N[C@H](C)C3CCC3)c2n1Cc1ccc(C(F)(F)F)cc1)C(C)c1cccc(F)c1. The fraction of sp³-hybridized carbons (Fsp3) is 0.355. The monoisotopic (exact) mass is 577 g/mol. The molecule has 7 nitrogen and oxygen atoms in total. The lowest BCUT2D eigenvalue weighted by molar-refractivity contribution is -0.137. The lowest BCUT2D eigenvalue weighted by atomic mass is 9.80. The Hall–Kier alpha value is -4.46. The molecule has 0 aliphatic heterocycles. The Labute approximate surface area is 241 Å². The average Bonchev–Trinajstić information content (AvgIpc) is 3.27. The van der Waals surface area contributed by atoms with Crippen LogP contribution in [0.2, 0.25) is 0 Å². The lowest BCUT2D eigenvalue weighted by Gasteiger charge is -2.32. The second kappa shape index (κ2) is 11.8. The summed E-state index contributed by atoms with van der Waals surface area (Å²) in [6, 6.07) is 12.9. The van der Waals surface area contributed by atoms with Gasteiger partial charge in [0, 0.05) is 12.6 Å². The molecule has 2 heterocycles. The Morgan fingerprint density at radius 2 is 1.88 bits per heavy atom. The molecule has 0 amide bonds. The Morgan fingerprint density at radius 1 is 1.14 bits per heavy atom. The molecule has 1 N–H and O–H groups in total. The minimum absolute atomic E-state index is 0.0509. The van der Waals surface area contributed by atoms with Gasteiger partial charge in [0.2, 0.25) is 11.8 Å². The zero-order valence-corrected chi connectivity index (χ0v) is 23.4. The maximum Gasteiger partial charge on any atom is 0.416 e.